The highest BCUT2D eigenvalue weighted by Crippen LogP contribution is 2.37. The van der Waals surface area contributed by atoms with Crippen molar-refractivity contribution in [2.24, 2.45) is 0 Å². The summed E-state index contributed by atoms with van der Waals surface area (Å²) >= 11 is 0. The van der Waals surface area contributed by atoms with Gasteiger partial charge in [0.1, 0.15) is 23.2 Å². The number of carbonyl (C=O) groups is 2. The number of amides is 1. The van der Waals surface area contributed by atoms with Crippen molar-refractivity contribution < 1.29 is 27.2 Å². The van der Waals surface area contributed by atoms with Gasteiger partial charge < -0.3 is 16.0 Å². The average molecular weight is 461 g/mol. The number of pyridine rings is 2. The van der Waals surface area contributed by atoms with Crippen LogP contribution in [0.5, 0.6) is 0 Å². The van der Waals surface area contributed by atoms with Gasteiger partial charge in [-0.3, -0.25) is 9.59 Å². The molecule has 1 aromatic carbocycles. The number of hydrogen-bond acceptors (Lipinski definition) is 6. The summed E-state index contributed by atoms with van der Waals surface area (Å²) in [6.45, 7) is 1.45. The third-order valence-corrected chi connectivity index (χ3v) is 4.47. The Morgan fingerprint density at radius 3 is 2.27 bits per heavy atom. The molecule has 0 saturated heterocycles. The van der Waals surface area contributed by atoms with Crippen LogP contribution in [0.4, 0.5) is 40.6 Å². The molecule has 0 spiro atoms. The minimum Gasteiger partial charge on any atom is -0.355 e. The average Bonchev–Trinajstić information content (AvgIpc) is 2.75. The van der Waals surface area contributed by atoms with E-state index in [-0.39, 0.29) is 29.3 Å². The summed E-state index contributed by atoms with van der Waals surface area (Å²) in [7, 11) is 1.32. The van der Waals surface area contributed by atoms with E-state index >= 15 is 0 Å². The number of halogens is 4. The number of Topliss-reactive ketones (excluding diaryl/α,β-unsaturated/α-hetero) is 1. The van der Waals surface area contributed by atoms with Crippen LogP contribution < -0.4 is 16.0 Å². The van der Waals surface area contributed by atoms with Gasteiger partial charge in [0.05, 0.1) is 22.5 Å². The molecule has 0 aliphatic rings. The zero-order valence-electron chi connectivity index (χ0n) is 17.5. The predicted octanol–water partition coefficient (Wildman–Crippen LogP) is 4.61. The smallest absolute Gasteiger partial charge is 0.355 e. The standard InChI is InChI=1S/C22H19F4N5O2/c1-12(32)7-13-3-6-19(28-10-13)31-20-9-18(16(11-29-20)22(24,25)26)30-17-5-4-14(23)8-15(17)21(33)27-2/h3-6,8-11H,7H2,1-2H3,(H,27,33)(H2,28,29,30,31). The van der Waals surface area contributed by atoms with Gasteiger partial charge in [-0.05, 0) is 36.8 Å². The molecule has 172 valence electrons. The summed E-state index contributed by atoms with van der Waals surface area (Å²) in [6.07, 6.45) is -2.42. The first-order chi connectivity index (χ1) is 15.6. The molecule has 0 atom stereocenters. The molecule has 33 heavy (non-hydrogen) atoms. The Morgan fingerprint density at radius 2 is 1.67 bits per heavy atom. The van der Waals surface area contributed by atoms with Crippen molar-refractivity contribution in [3.8, 4) is 0 Å². The fraction of sp³-hybridized carbons (Fsp3) is 0.182. The number of aromatic nitrogens is 2. The predicted molar refractivity (Wildman–Crippen MR) is 114 cm³/mol. The highest BCUT2D eigenvalue weighted by Gasteiger charge is 2.34. The number of hydrogen-bond donors (Lipinski definition) is 3. The van der Waals surface area contributed by atoms with Gasteiger partial charge in [-0.1, -0.05) is 6.07 Å². The molecule has 0 saturated carbocycles. The lowest BCUT2D eigenvalue weighted by atomic mass is 10.1. The lowest BCUT2D eigenvalue weighted by Crippen LogP contribution is -2.20. The highest BCUT2D eigenvalue weighted by atomic mass is 19.4. The van der Waals surface area contributed by atoms with E-state index in [9.17, 15) is 27.2 Å². The topological polar surface area (TPSA) is 96.0 Å². The molecule has 1 amide bonds. The fourth-order valence-electron chi connectivity index (χ4n) is 2.97. The highest BCUT2D eigenvalue weighted by molar-refractivity contribution is 6.00. The molecule has 3 aromatic rings. The van der Waals surface area contributed by atoms with Crippen molar-refractivity contribution in [1.29, 1.82) is 0 Å². The van der Waals surface area contributed by atoms with Crippen LogP contribution in [0.3, 0.4) is 0 Å². The van der Waals surface area contributed by atoms with Crippen molar-refractivity contribution in [3.63, 3.8) is 0 Å². The van der Waals surface area contributed by atoms with E-state index in [2.05, 4.69) is 25.9 Å². The van der Waals surface area contributed by atoms with Gasteiger partial charge in [0.25, 0.3) is 5.91 Å². The van der Waals surface area contributed by atoms with E-state index in [1.54, 1.807) is 12.1 Å². The van der Waals surface area contributed by atoms with E-state index in [1.807, 2.05) is 0 Å². The maximum Gasteiger partial charge on any atom is 0.419 e. The number of ketones is 1. The minimum absolute atomic E-state index is 0.0230. The molecule has 7 nitrogen and oxygen atoms in total. The maximum atomic E-state index is 13.6. The number of carbonyl (C=O) groups excluding carboxylic acids is 2. The van der Waals surface area contributed by atoms with E-state index in [4.69, 9.17) is 0 Å². The van der Waals surface area contributed by atoms with E-state index in [0.29, 0.717) is 17.6 Å². The molecule has 0 aliphatic carbocycles. The van der Waals surface area contributed by atoms with Crippen LogP contribution in [-0.2, 0) is 17.4 Å². The molecule has 2 aromatic heterocycles. The van der Waals surface area contributed by atoms with Crippen LogP contribution in [0.25, 0.3) is 0 Å². The number of alkyl halides is 3. The first kappa shape index (κ1) is 23.6. The Bertz CT molecular complexity index is 1180. The summed E-state index contributed by atoms with van der Waals surface area (Å²) in [4.78, 5) is 31.2. The monoisotopic (exact) mass is 461 g/mol. The number of anilines is 4. The van der Waals surface area contributed by atoms with Crippen molar-refractivity contribution in [2.75, 3.05) is 17.7 Å². The quantitative estimate of drug-likeness (QED) is 0.445. The molecule has 0 fully saturated rings. The van der Waals surface area contributed by atoms with Crippen molar-refractivity contribution in [2.45, 2.75) is 19.5 Å². The molecule has 3 N–H and O–H groups in total. The Hall–Kier alpha value is -4.02. The molecule has 0 unspecified atom stereocenters. The first-order valence-corrected chi connectivity index (χ1v) is 9.64. The van der Waals surface area contributed by atoms with Gasteiger partial charge in [0, 0.05) is 31.9 Å². The zero-order valence-corrected chi connectivity index (χ0v) is 17.5. The summed E-state index contributed by atoms with van der Waals surface area (Å²) in [6, 6.07) is 7.44. The van der Waals surface area contributed by atoms with Crippen LogP contribution in [0.2, 0.25) is 0 Å². The minimum atomic E-state index is -4.74. The van der Waals surface area contributed by atoms with Gasteiger partial charge in [0.15, 0.2) is 0 Å². The largest absolute Gasteiger partial charge is 0.419 e. The lowest BCUT2D eigenvalue weighted by Gasteiger charge is -2.17. The van der Waals surface area contributed by atoms with Crippen molar-refractivity contribution in [1.82, 2.24) is 15.3 Å². The second kappa shape index (κ2) is 9.63. The summed E-state index contributed by atoms with van der Waals surface area (Å²) in [5.74, 6) is -1.08. The van der Waals surface area contributed by atoms with Crippen LogP contribution in [0.1, 0.15) is 28.4 Å². The Balaban J connectivity index is 1.95. The van der Waals surface area contributed by atoms with Gasteiger partial charge in [-0.2, -0.15) is 13.2 Å². The second-order valence-corrected chi connectivity index (χ2v) is 7.06. The summed E-state index contributed by atoms with van der Waals surface area (Å²) < 4.78 is 54.3. The van der Waals surface area contributed by atoms with E-state index < -0.39 is 29.2 Å². The summed E-state index contributed by atoms with van der Waals surface area (Å²) in [5, 5.41) is 7.67. The molecule has 0 aliphatic heterocycles. The number of nitrogens with zero attached hydrogens (tertiary/aromatic N) is 2. The number of rotatable bonds is 7. The van der Waals surface area contributed by atoms with Gasteiger partial charge in [-0.25, -0.2) is 14.4 Å². The third-order valence-electron chi connectivity index (χ3n) is 4.47. The number of benzene rings is 1. The Morgan fingerprint density at radius 1 is 0.939 bits per heavy atom. The first-order valence-electron chi connectivity index (χ1n) is 9.64. The SMILES string of the molecule is CNC(=O)c1cc(F)ccc1Nc1cc(Nc2ccc(CC(C)=O)cn2)ncc1C(F)(F)F. The normalized spacial score (nSPS) is 11.1. The van der Waals surface area contributed by atoms with Crippen LogP contribution in [0, 0.1) is 5.82 Å². The third kappa shape index (κ3) is 6.03. The molecule has 0 radical (unpaired) electrons. The number of nitrogens with one attached hydrogen (secondary N) is 3. The van der Waals surface area contributed by atoms with Crippen molar-refractivity contribution >= 4 is 34.7 Å². The van der Waals surface area contributed by atoms with E-state index in [1.165, 1.54) is 26.2 Å². The van der Waals surface area contributed by atoms with Gasteiger partial charge in [0.2, 0.25) is 0 Å². The molecular weight excluding hydrogens is 442 g/mol. The van der Waals surface area contributed by atoms with E-state index in [0.717, 1.165) is 18.2 Å². The Labute approximate surface area is 186 Å². The zero-order chi connectivity index (χ0) is 24.2. The van der Waals surface area contributed by atoms with Crippen LogP contribution in [0.15, 0.2) is 48.8 Å². The lowest BCUT2D eigenvalue weighted by molar-refractivity contribution is -0.137. The van der Waals surface area contributed by atoms with Crippen molar-refractivity contribution in [3.05, 3.63) is 71.3 Å². The molecule has 2 heterocycles. The molecule has 11 heteroatoms. The second-order valence-electron chi connectivity index (χ2n) is 7.06. The molecule has 0 bridgehead atoms. The molecular formula is C22H19F4N5O2. The molecule has 3 rings (SSSR count). The van der Waals surface area contributed by atoms with Gasteiger partial charge in [-0.15, -0.1) is 0 Å². The van der Waals surface area contributed by atoms with Crippen LogP contribution >= 0.6 is 0 Å². The Kier molecular flexibility index (Phi) is 6.90. The summed E-state index contributed by atoms with van der Waals surface area (Å²) in [5.41, 5.74) is -0.978. The van der Waals surface area contributed by atoms with Gasteiger partial charge >= 0.3 is 6.18 Å². The fourth-order valence-corrected chi connectivity index (χ4v) is 2.97. The maximum absolute atomic E-state index is 13.6. The van der Waals surface area contributed by atoms with Crippen LogP contribution in [-0.4, -0.2) is 28.7 Å².